The van der Waals surface area contributed by atoms with Gasteiger partial charge in [0, 0.05) is 13.0 Å². The summed E-state index contributed by atoms with van der Waals surface area (Å²) in [6.45, 7) is 7.58. The van der Waals surface area contributed by atoms with Gasteiger partial charge in [-0.15, -0.1) is 0 Å². The fourth-order valence-electron chi connectivity index (χ4n) is 1.26. The van der Waals surface area contributed by atoms with Crippen LogP contribution in [-0.4, -0.2) is 41.5 Å². The van der Waals surface area contributed by atoms with Crippen molar-refractivity contribution in [2.75, 3.05) is 13.2 Å². The summed E-state index contributed by atoms with van der Waals surface area (Å²) in [7, 11) is 0. The third-order valence-electron chi connectivity index (χ3n) is 2.30. The molecule has 0 saturated carbocycles. The topological polar surface area (TPSA) is 83.3 Å². The minimum absolute atomic E-state index is 0.278. The van der Waals surface area contributed by atoms with Gasteiger partial charge in [0.15, 0.2) is 5.66 Å². The van der Waals surface area contributed by atoms with Crippen molar-refractivity contribution in [3.63, 3.8) is 0 Å². The fourth-order valence-corrected chi connectivity index (χ4v) is 1.26. The number of nitrogens with zero attached hydrogens (tertiary/aromatic N) is 2. The Hall–Kier alpha value is -1.01. The number of carbonyl (C=O) groups is 1. The summed E-state index contributed by atoms with van der Waals surface area (Å²) in [5.41, 5.74) is -0.833. The lowest BCUT2D eigenvalue weighted by Crippen LogP contribution is -2.44. The van der Waals surface area contributed by atoms with Gasteiger partial charge in [-0.25, -0.2) is 0 Å². The number of aliphatic hydroxyl groups excluding tert-OH is 1. The van der Waals surface area contributed by atoms with E-state index in [2.05, 4.69) is 15.5 Å². The van der Waals surface area contributed by atoms with E-state index in [1.807, 2.05) is 6.92 Å². The maximum absolute atomic E-state index is 11.7. The summed E-state index contributed by atoms with van der Waals surface area (Å²) in [5, 5.41) is 19.8. The zero-order valence-corrected chi connectivity index (χ0v) is 10.9. The van der Waals surface area contributed by atoms with E-state index >= 15 is 0 Å². The molecule has 1 rings (SSSR count). The molecule has 0 aromatic carbocycles. The molecular weight excluding hydrogens is 222 g/mol. The minimum atomic E-state index is -0.684. The highest BCUT2D eigenvalue weighted by Crippen LogP contribution is 2.29. The van der Waals surface area contributed by atoms with Crippen LogP contribution in [0.15, 0.2) is 10.2 Å². The van der Waals surface area contributed by atoms with Crippen LogP contribution in [0, 0.1) is 0 Å². The Morgan fingerprint density at radius 1 is 1.47 bits per heavy atom. The van der Waals surface area contributed by atoms with Crippen molar-refractivity contribution in [3.05, 3.63) is 0 Å². The number of ether oxygens (including phenoxy) is 1. The maximum atomic E-state index is 11.7. The normalized spacial score (nSPS) is 18.9. The lowest BCUT2D eigenvalue weighted by atomic mass is 10.1. The molecule has 0 bridgehead atoms. The first-order valence-corrected chi connectivity index (χ1v) is 5.77. The van der Waals surface area contributed by atoms with E-state index < -0.39 is 17.6 Å². The van der Waals surface area contributed by atoms with Gasteiger partial charge in [0.25, 0.3) is 0 Å². The second kappa shape index (κ2) is 5.10. The average Bonchev–Trinajstić information content (AvgIpc) is 2.89. The third kappa shape index (κ3) is 5.23. The summed E-state index contributed by atoms with van der Waals surface area (Å²) in [6.07, 6.45) is 0.715. The third-order valence-corrected chi connectivity index (χ3v) is 2.30. The van der Waals surface area contributed by atoms with Crippen molar-refractivity contribution in [1.29, 1.82) is 0 Å². The van der Waals surface area contributed by atoms with Gasteiger partial charge in [-0.3, -0.25) is 4.79 Å². The molecule has 0 amide bonds. The van der Waals surface area contributed by atoms with Crippen LogP contribution in [0.1, 0.15) is 34.1 Å². The second-order valence-electron chi connectivity index (χ2n) is 5.39. The summed E-state index contributed by atoms with van der Waals surface area (Å²) in [4.78, 5) is 11.7. The van der Waals surface area contributed by atoms with Crippen LogP contribution in [0.2, 0.25) is 0 Å². The molecule has 0 aromatic heterocycles. The fraction of sp³-hybridized carbons (Fsp3) is 0.909. The van der Waals surface area contributed by atoms with Gasteiger partial charge in [0.1, 0.15) is 11.6 Å². The van der Waals surface area contributed by atoms with Crippen molar-refractivity contribution in [1.82, 2.24) is 5.32 Å². The van der Waals surface area contributed by atoms with Crippen LogP contribution in [-0.2, 0) is 9.53 Å². The summed E-state index contributed by atoms with van der Waals surface area (Å²) < 4.78 is 5.18. The summed E-state index contributed by atoms with van der Waals surface area (Å²) in [6, 6.07) is -0.684. The van der Waals surface area contributed by atoms with Crippen molar-refractivity contribution >= 4 is 5.97 Å². The molecule has 17 heavy (non-hydrogen) atoms. The molecule has 1 aliphatic heterocycles. The molecule has 0 spiro atoms. The summed E-state index contributed by atoms with van der Waals surface area (Å²) in [5.74, 6) is -0.435. The van der Waals surface area contributed by atoms with Crippen molar-refractivity contribution < 1.29 is 14.6 Å². The molecule has 6 heteroatoms. The van der Waals surface area contributed by atoms with Gasteiger partial charge < -0.3 is 15.2 Å². The van der Waals surface area contributed by atoms with E-state index in [0.29, 0.717) is 13.0 Å². The molecule has 0 radical (unpaired) electrons. The van der Waals surface area contributed by atoms with Crippen LogP contribution >= 0.6 is 0 Å². The Morgan fingerprint density at radius 3 is 2.47 bits per heavy atom. The van der Waals surface area contributed by atoms with Gasteiger partial charge in [0.2, 0.25) is 0 Å². The van der Waals surface area contributed by atoms with Gasteiger partial charge >= 0.3 is 5.97 Å². The number of esters is 1. The first-order valence-electron chi connectivity index (χ1n) is 5.77. The van der Waals surface area contributed by atoms with E-state index in [1.54, 1.807) is 20.8 Å². The lowest BCUT2D eigenvalue weighted by molar-refractivity contribution is -0.158. The Labute approximate surface area is 101 Å². The first-order chi connectivity index (χ1) is 7.76. The van der Waals surface area contributed by atoms with Gasteiger partial charge in [0.05, 0.1) is 6.61 Å². The second-order valence-corrected chi connectivity index (χ2v) is 5.39. The van der Waals surface area contributed by atoms with Crippen molar-refractivity contribution in [2.24, 2.45) is 10.2 Å². The van der Waals surface area contributed by atoms with E-state index in [4.69, 9.17) is 9.84 Å². The molecule has 6 nitrogen and oxygen atoms in total. The molecule has 0 aromatic rings. The SMILES string of the molecule is CC1(CCN[C@@H](CO)C(=O)OC(C)(C)C)N=N1. The molecule has 1 atom stereocenters. The van der Waals surface area contributed by atoms with E-state index in [9.17, 15) is 4.79 Å². The number of nitrogens with one attached hydrogen (secondary N) is 1. The Kier molecular flexibility index (Phi) is 4.21. The van der Waals surface area contributed by atoms with Crippen LogP contribution in [0.4, 0.5) is 0 Å². The van der Waals surface area contributed by atoms with Crippen molar-refractivity contribution in [2.45, 2.75) is 51.4 Å². The highest BCUT2D eigenvalue weighted by Gasteiger charge is 2.33. The van der Waals surface area contributed by atoms with Gasteiger partial charge in [-0.2, -0.15) is 10.2 Å². The number of aliphatic hydroxyl groups is 1. The molecule has 1 aliphatic rings. The average molecular weight is 243 g/mol. The van der Waals surface area contributed by atoms with Crippen molar-refractivity contribution in [3.8, 4) is 0 Å². The maximum Gasteiger partial charge on any atom is 0.326 e. The van der Waals surface area contributed by atoms with E-state index in [-0.39, 0.29) is 12.3 Å². The zero-order valence-electron chi connectivity index (χ0n) is 10.9. The smallest absolute Gasteiger partial charge is 0.326 e. The molecule has 1 heterocycles. The van der Waals surface area contributed by atoms with Crippen LogP contribution < -0.4 is 5.32 Å². The molecular formula is C11H21N3O3. The number of carbonyl (C=O) groups excluding carboxylic acids is 1. The number of rotatable bonds is 6. The molecule has 0 aliphatic carbocycles. The zero-order chi connectivity index (χ0) is 13.1. The number of hydrogen-bond acceptors (Lipinski definition) is 6. The van der Waals surface area contributed by atoms with Crippen LogP contribution in [0.5, 0.6) is 0 Å². The minimum Gasteiger partial charge on any atom is -0.459 e. The largest absolute Gasteiger partial charge is 0.459 e. The Bertz CT molecular complexity index is 304. The van der Waals surface area contributed by atoms with Gasteiger partial charge in [-0.1, -0.05) is 0 Å². The predicted molar refractivity (Wildman–Crippen MR) is 62.6 cm³/mol. The van der Waals surface area contributed by atoms with Gasteiger partial charge in [-0.05, 0) is 27.7 Å². The van der Waals surface area contributed by atoms with Crippen LogP contribution in [0.25, 0.3) is 0 Å². The molecule has 98 valence electrons. The van der Waals surface area contributed by atoms with E-state index in [1.165, 1.54) is 0 Å². The highest BCUT2D eigenvalue weighted by atomic mass is 16.6. The predicted octanol–water partition coefficient (Wildman–Crippen LogP) is 0.851. The molecule has 0 unspecified atom stereocenters. The first kappa shape index (κ1) is 14.1. The monoisotopic (exact) mass is 243 g/mol. The highest BCUT2D eigenvalue weighted by molar-refractivity contribution is 5.76. The molecule has 2 N–H and O–H groups in total. The Morgan fingerprint density at radius 2 is 2.06 bits per heavy atom. The summed E-state index contributed by atoms with van der Waals surface area (Å²) >= 11 is 0. The van der Waals surface area contributed by atoms with Crippen LogP contribution in [0.3, 0.4) is 0 Å². The Balaban J connectivity index is 2.29. The molecule has 0 fully saturated rings. The molecule has 0 saturated heterocycles. The van der Waals surface area contributed by atoms with E-state index in [0.717, 1.165) is 0 Å². The lowest BCUT2D eigenvalue weighted by Gasteiger charge is -2.23. The quantitative estimate of drug-likeness (QED) is 0.677. The standard InChI is InChI=1S/C11H21N3O3/c1-10(2,3)17-9(16)8(7-15)12-6-5-11(4)13-14-11/h8,12,15H,5-7H2,1-4H3/t8-/m0/s1. The number of hydrogen-bond donors (Lipinski definition) is 2.